The van der Waals surface area contributed by atoms with Gasteiger partial charge in [-0.3, -0.25) is 9.36 Å². The highest BCUT2D eigenvalue weighted by Gasteiger charge is 2.35. The number of ether oxygens (including phenoxy) is 4. The summed E-state index contributed by atoms with van der Waals surface area (Å²) in [5.74, 6) is 0.737. The molecule has 1 aliphatic rings. The molecule has 36 heavy (non-hydrogen) atoms. The molecule has 10 heteroatoms. The molecule has 9 nitrogen and oxygen atoms in total. The first-order valence-electron chi connectivity index (χ1n) is 11.1. The monoisotopic (exact) mass is 510 g/mol. The minimum Gasteiger partial charge on any atom is -0.504 e. The number of nitrogens with zero attached hydrogens (tertiary/aromatic N) is 2. The second kappa shape index (κ2) is 10.3. The highest BCUT2D eigenvalue weighted by Crippen LogP contribution is 2.37. The number of benzene rings is 2. The molecule has 0 spiro atoms. The van der Waals surface area contributed by atoms with Gasteiger partial charge in [0.25, 0.3) is 5.56 Å². The van der Waals surface area contributed by atoms with Gasteiger partial charge in [-0.25, -0.2) is 9.79 Å². The molecule has 2 heterocycles. The number of carbonyl (C=O) groups is 1. The van der Waals surface area contributed by atoms with Gasteiger partial charge in [0.1, 0.15) is 17.5 Å². The van der Waals surface area contributed by atoms with Gasteiger partial charge in [0.05, 0.1) is 43.7 Å². The fourth-order valence-corrected chi connectivity index (χ4v) is 5.13. The van der Waals surface area contributed by atoms with Gasteiger partial charge in [0.2, 0.25) is 0 Å². The molecule has 1 atom stereocenters. The molecule has 1 aromatic heterocycles. The van der Waals surface area contributed by atoms with Crippen molar-refractivity contribution >= 4 is 23.4 Å². The minimum absolute atomic E-state index is 0.0431. The summed E-state index contributed by atoms with van der Waals surface area (Å²) < 4.78 is 23.3. The maximum atomic E-state index is 13.7. The zero-order valence-corrected chi connectivity index (χ0v) is 21.3. The van der Waals surface area contributed by atoms with E-state index in [-0.39, 0.29) is 23.5 Å². The van der Waals surface area contributed by atoms with E-state index in [1.165, 1.54) is 43.3 Å². The Bertz CT molecular complexity index is 1530. The van der Waals surface area contributed by atoms with Crippen molar-refractivity contribution in [3.05, 3.63) is 78.5 Å². The molecule has 1 unspecified atom stereocenters. The van der Waals surface area contributed by atoms with E-state index in [0.29, 0.717) is 43.4 Å². The first kappa shape index (κ1) is 25.1. The summed E-state index contributed by atoms with van der Waals surface area (Å²) in [5, 5.41) is 10.2. The Morgan fingerprint density at radius 2 is 1.83 bits per heavy atom. The maximum Gasteiger partial charge on any atom is 0.338 e. The second-order valence-electron chi connectivity index (χ2n) is 7.84. The van der Waals surface area contributed by atoms with Crippen molar-refractivity contribution in [1.29, 1.82) is 0 Å². The summed E-state index contributed by atoms with van der Waals surface area (Å²) in [6.45, 7) is 3.60. The van der Waals surface area contributed by atoms with Crippen molar-refractivity contribution < 1.29 is 28.8 Å². The first-order chi connectivity index (χ1) is 17.3. The average Bonchev–Trinajstić information content (AvgIpc) is 3.17. The summed E-state index contributed by atoms with van der Waals surface area (Å²) >= 11 is 1.18. The van der Waals surface area contributed by atoms with Crippen LogP contribution in [0.4, 0.5) is 0 Å². The molecule has 0 saturated heterocycles. The summed E-state index contributed by atoms with van der Waals surface area (Å²) in [6.07, 6.45) is 1.66. The predicted octanol–water partition coefficient (Wildman–Crippen LogP) is 2.53. The lowest BCUT2D eigenvalue weighted by Crippen LogP contribution is -2.40. The van der Waals surface area contributed by atoms with Gasteiger partial charge < -0.3 is 24.1 Å². The molecule has 4 rings (SSSR count). The van der Waals surface area contributed by atoms with Crippen molar-refractivity contribution in [3.63, 3.8) is 0 Å². The van der Waals surface area contributed by atoms with E-state index >= 15 is 0 Å². The number of aromatic nitrogens is 1. The van der Waals surface area contributed by atoms with Gasteiger partial charge in [-0.2, -0.15) is 0 Å². The Morgan fingerprint density at radius 1 is 1.11 bits per heavy atom. The van der Waals surface area contributed by atoms with Crippen LogP contribution >= 0.6 is 11.3 Å². The first-order valence-corrected chi connectivity index (χ1v) is 11.9. The standard InChI is InChI=1S/C26H26N2O7S/c1-6-35-25(31)22-14(2)27-26-28(23(22)17-13-16(32-3)8-10-19(17)33-4)24(30)21(36-26)12-15-7-9-20(34-5)18(29)11-15/h7-13,23,29H,6H2,1-5H3/b21-12-. The smallest absolute Gasteiger partial charge is 0.338 e. The number of carbonyl (C=O) groups excluding carboxylic acids is 1. The maximum absolute atomic E-state index is 13.7. The highest BCUT2D eigenvalue weighted by atomic mass is 32.1. The van der Waals surface area contributed by atoms with E-state index in [4.69, 9.17) is 18.9 Å². The van der Waals surface area contributed by atoms with E-state index in [1.807, 2.05) is 0 Å². The number of allylic oxidation sites excluding steroid dienone is 1. The van der Waals surface area contributed by atoms with Crippen molar-refractivity contribution in [2.45, 2.75) is 19.9 Å². The Balaban J connectivity index is 1.99. The lowest BCUT2D eigenvalue weighted by Gasteiger charge is -2.26. The Hall–Kier alpha value is -4.05. The molecule has 3 aromatic rings. The average molecular weight is 511 g/mol. The number of hydrogen-bond donors (Lipinski definition) is 1. The Kier molecular flexibility index (Phi) is 7.16. The fourth-order valence-electron chi connectivity index (χ4n) is 4.09. The van der Waals surface area contributed by atoms with Crippen LogP contribution in [-0.4, -0.2) is 43.6 Å². The van der Waals surface area contributed by atoms with Crippen LogP contribution in [0.5, 0.6) is 23.0 Å². The topological polar surface area (TPSA) is 109 Å². The van der Waals surface area contributed by atoms with E-state index in [1.54, 1.807) is 50.3 Å². The molecule has 0 bridgehead atoms. The second-order valence-corrected chi connectivity index (χ2v) is 8.85. The quantitative estimate of drug-likeness (QED) is 0.487. The number of hydrogen-bond acceptors (Lipinski definition) is 9. The largest absolute Gasteiger partial charge is 0.504 e. The summed E-state index contributed by atoms with van der Waals surface area (Å²) in [7, 11) is 4.52. The third-order valence-electron chi connectivity index (χ3n) is 5.75. The van der Waals surface area contributed by atoms with Crippen molar-refractivity contribution in [3.8, 4) is 23.0 Å². The van der Waals surface area contributed by atoms with Crippen LogP contribution in [0.1, 0.15) is 31.0 Å². The molecule has 188 valence electrons. The van der Waals surface area contributed by atoms with Crippen LogP contribution in [0.3, 0.4) is 0 Å². The number of methoxy groups -OCH3 is 3. The third kappa shape index (κ3) is 4.47. The third-order valence-corrected chi connectivity index (χ3v) is 6.73. The molecule has 0 radical (unpaired) electrons. The number of esters is 1. The van der Waals surface area contributed by atoms with Crippen LogP contribution in [0.25, 0.3) is 6.08 Å². The lowest BCUT2D eigenvalue weighted by molar-refractivity contribution is -0.139. The van der Waals surface area contributed by atoms with Gasteiger partial charge in [-0.05, 0) is 55.8 Å². The molecule has 0 amide bonds. The SMILES string of the molecule is CCOC(=O)C1=C(C)N=c2s/c(=C\c3ccc(OC)c(O)c3)c(=O)n2C1c1cc(OC)ccc1OC. The Morgan fingerprint density at radius 3 is 2.47 bits per heavy atom. The van der Waals surface area contributed by atoms with E-state index in [9.17, 15) is 14.7 Å². The molecular formula is C26H26N2O7S. The lowest BCUT2D eigenvalue weighted by atomic mass is 9.94. The number of thiazole rings is 1. The van der Waals surface area contributed by atoms with Crippen LogP contribution in [0.2, 0.25) is 0 Å². The molecular weight excluding hydrogens is 484 g/mol. The van der Waals surface area contributed by atoms with Gasteiger partial charge in [-0.15, -0.1) is 0 Å². The van der Waals surface area contributed by atoms with Crippen LogP contribution in [0, 0.1) is 0 Å². The summed E-state index contributed by atoms with van der Waals surface area (Å²) in [6, 6.07) is 9.21. The summed E-state index contributed by atoms with van der Waals surface area (Å²) in [5.41, 5.74) is 1.50. The number of rotatable bonds is 7. The number of phenols is 1. The van der Waals surface area contributed by atoms with Gasteiger partial charge in [-0.1, -0.05) is 17.4 Å². The van der Waals surface area contributed by atoms with Gasteiger partial charge >= 0.3 is 5.97 Å². The van der Waals surface area contributed by atoms with Crippen LogP contribution in [-0.2, 0) is 9.53 Å². The molecule has 1 N–H and O–H groups in total. The fraction of sp³-hybridized carbons (Fsp3) is 0.269. The summed E-state index contributed by atoms with van der Waals surface area (Å²) in [4.78, 5) is 31.8. The zero-order chi connectivity index (χ0) is 26.0. The number of phenolic OH excluding ortho intramolecular Hbond substituents is 1. The Labute approximate surface area is 211 Å². The normalized spacial score (nSPS) is 15.2. The van der Waals surface area contributed by atoms with Gasteiger partial charge in [0.15, 0.2) is 16.3 Å². The van der Waals surface area contributed by atoms with E-state index < -0.39 is 12.0 Å². The van der Waals surface area contributed by atoms with Crippen molar-refractivity contribution in [2.75, 3.05) is 27.9 Å². The molecule has 2 aromatic carbocycles. The van der Waals surface area contributed by atoms with Crippen molar-refractivity contribution in [2.24, 2.45) is 4.99 Å². The van der Waals surface area contributed by atoms with Crippen LogP contribution in [0.15, 0.2) is 57.5 Å². The van der Waals surface area contributed by atoms with E-state index in [2.05, 4.69) is 4.99 Å². The molecule has 1 aliphatic heterocycles. The number of aromatic hydroxyl groups is 1. The molecule has 0 saturated carbocycles. The minimum atomic E-state index is -0.850. The molecule has 0 aliphatic carbocycles. The molecule has 0 fully saturated rings. The predicted molar refractivity (Wildman–Crippen MR) is 135 cm³/mol. The van der Waals surface area contributed by atoms with Gasteiger partial charge in [0, 0.05) is 5.56 Å². The highest BCUT2D eigenvalue weighted by molar-refractivity contribution is 7.07. The van der Waals surface area contributed by atoms with E-state index in [0.717, 1.165) is 0 Å². The van der Waals surface area contributed by atoms with Crippen LogP contribution < -0.4 is 29.1 Å². The number of fused-ring (bicyclic) bond motifs is 1. The zero-order valence-electron chi connectivity index (χ0n) is 20.5. The van der Waals surface area contributed by atoms with Crippen molar-refractivity contribution in [1.82, 2.24) is 4.57 Å².